The molecule has 0 saturated heterocycles. The molecule has 0 heterocycles. The van der Waals surface area contributed by atoms with E-state index in [1.807, 2.05) is 52.0 Å². The Bertz CT molecular complexity index is 826. The van der Waals surface area contributed by atoms with Crippen LogP contribution in [0.4, 0.5) is 0 Å². The van der Waals surface area contributed by atoms with Gasteiger partial charge in [-0.25, -0.2) is 0 Å². The van der Waals surface area contributed by atoms with Crippen LogP contribution >= 0.6 is 0 Å². The summed E-state index contributed by atoms with van der Waals surface area (Å²) in [6.45, 7) is 17.7. The lowest BCUT2D eigenvalue weighted by Gasteiger charge is -2.20. The van der Waals surface area contributed by atoms with Crippen molar-refractivity contribution >= 4 is 17.3 Å². The number of allylic oxidation sites excluding steroid dienone is 2. The van der Waals surface area contributed by atoms with Gasteiger partial charge < -0.3 is 14.3 Å². The van der Waals surface area contributed by atoms with Gasteiger partial charge in [-0.2, -0.15) is 0 Å². The van der Waals surface area contributed by atoms with Crippen molar-refractivity contribution in [3.63, 3.8) is 0 Å². The molecule has 0 aliphatic heterocycles. The average molecular weight is 461 g/mol. The molecule has 0 fully saturated rings. The minimum absolute atomic E-state index is 0.0519. The highest BCUT2D eigenvalue weighted by Gasteiger charge is 2.34. The maximum absolute atomic E-state index is 12.7. The molecule has 1 aliphatic rings. The summed E-state index contributed by atoms with van der Waals surface area (Å²) in [5, 5.41) is 0. The van der Waals surface area contributed by atoms with Crippen molar-refractivity contribution in [3.8, 4) is 0 Å². The first-order valence-electron chi connectivity index (χ1n) is 11.8. The quantitative estimate of drug-likeness (QED) is 0.438. The molecule has 5 nitrogen and oxygen atoms in total. The third kappa shape index (κ3) is 11.1. The van der Waals surface area contributed by atoms with E-state index in [9.17, 15) is 14.4 Å². The fourth-order valence-electron chi connectivity index (χ4n) is 2.82. The summed E-state index contributed by atoms with van der Waals surface area (Å²) >= 11 is 0. The Kier molecular flexibility index (Phi) is 17.5. The topological polar surface area (TPSA) is 69.7 Å². The highest BCUT2D eigenvalue weighted by Crippen LogP contribution is 2.28. The Morgan fingerprint density at radius 1 is 0.879 bits per heavy atom. The first-order valence-corrected chi connectivity index (χ1v) is 11.8. The molecule has 0 amide bonds. The molecule has 0 spiro atoms. The highest BCUT2D eigenvalue weighted by molar-refractivity contribution is 6.23. The summed E-state index contributed by atoms with van der Waals surface area (Å²) in [5.74, 6) is 0.205. The predicted molar refractivity (Wildman–Crippen MR) is 136 cm³/mol. The van der Waals surface area contributed by atoms with Crippen molar-refractivity contribution in [2.24, 2.45) is 5.92 Å². The van der Waals surface area contributed by atoms with Crippen LogP contribution in [0.25, 0.3) is 0 Å². The predicted octanol–water partition coefficient (Wildman–Crippen LogP) is 6.44. The number of hydrogen-bond acceptors (Lipinski definition) is 5. The van der Waals surface area contributed by atoms with E-state index in [4.69, 9.17) is 9.47 Å². The lowest BCUT2D eigenvalue weighted by Crippen LogP contribution is -2.26. The Balaban J connectivity index is 0. The van der Waals surface area contributed by atoms with Crippen LogP contribution in [-0.4, -0.2) is 31.6 Å². The Labute approximate surface area is 201 Å². The first-order chi connectivity index (χ1) is 15.6. The van der Waals surface area contributed by atoms with Crippen molar-refractivity contribution in [3.05, 3.63) is 58.1 Å². The van der Waals surface area contributed by atoms with Gasteiger partial charge in [0.15, 0.2) is 0 Å². The Morgan fingerprint density at radius 2 is 1.33 bits per heavy atom. The second-order valence-corrected chi connectivity index (χ2v) is 7.76. The summed E-state index contributed by atoms with van der Waals surface area (Å²) in [7, 11) is 2.69. The van der Waals surface area contributed by atoms with Crippen molar-refractivity contribution in [1.82, 2.24) is 0 Å². The summed E-state index contributed by atoms with van der Waals surface area (Å²) in [5.41, 5.74) is 2.72. The van der Waals surface area contributed by atoms with E-state index in [1.165, 1.54) is 14.2 Å². The fraction of sp³-hybridized carbons (Fsp3) is 0.536. The lowest BCUT2D eigenvalue weighted by molar-refractivity contribution is -0.121. The summed E-state index contributed by atoms with van der Waals surface area (Å²) in [6.07, 6.45) is 1.47. The number of carbonyl (C=O) groups is 3. The number of ether oxygens (including phenoxy) is 2. The standard InChI is InChI=1S/C20H22O5.C4H10.2C2H6/c1-12(21)8-9-14-6-5-7-15(10-14)11-16-13(2)17(22)19(24-3)20(25-4)18(16)23;1-4(2)3;2*1-2/h5-7,10H,8-9,11H2,1-4H3;4H,1-3H3;2*1-2H3. The molecule has 0 bridgehead atoms. The van der Waals surface area contributed by atoms with Crippen LogP contribution in [0, 0.1) is 5.92 Å². The average Bonchev–Trinajstić information content (AvgIpc) is 2.80. The largest absolute Gasteiger partial charge is 0.489 e. The minimum Gasteiger partial charge on any atom is -0.489 e. The third-order valence-corrected chi connectivity index (χ3v) is 4.23. The van der Waals surface area contributed by atoms with Gasteiger partial charge in [-0.15, -0.1) is 0 Å². The monoisotopic (exact) mass is 460 g/mol. The van der Waals surface area contributed by atoms with Crippen molar-refractivity contribution in [2.75, 3.05) is 14.2 Å². The third-order valence-electron chi connectivity index (χ3n) is 4.23. The molecule has 33 heavy (non-hydrogen) atoms. The number of carbonyl (C=O) groups excluding carboxylic acids is 3. The van der Waals surface area contributed by atoms with Crippen LogP contribution in [0.1, 0.15) is 79.9 Å². The summed E-state index contributed by atoms with van der Waals surface area (Å²) < 4.78 is 10.1. The van der Waals surface area contributed by atoms with E-state index in [1.54, 1.807) is 13.8 Å². The highest BCUT2D eigenvalue weighted by atomic mass is 16.5. The van der Waals surface area contributed by atoms with Crippen LogP contribution in [0.2, 0.25) is 0 Å². The number of ketones is 3. The maximum Gasteiger partial charge on any atom is 0.228 e. The van der Waals surface area contributed by atoms with Gasteiger partial charge in [0.05, 0.1) is 14.2 Å². The van der Waals surface area contributed by atoms with Crippen LogP contribution in [0.3, 0.4) is 0 Å². The summed E-state index contributed by atoms with van der Waals surface area (Å²) in [4.78, 5) is 36.2. The van der Waals surface area contributed by atoms with Gasteiger partial charge in [0.2, 0.25) is 23.1 Å². The normalized spacial score (nSPS) is 12.7. The Morgan fingerprint density at radius 3 is 1.79 bits per heavy atom. The van der Waals surface area contributed by atoms with E-state index in [2.05, 4.69) is 20.8 Å². The van der Waals surface area contributed by atoms with E-state index in [0.717, 1.165) is 17.0 Å². The van der Waals surface area contributed by atoms with Gasteiger partial charge in [-0.1, -0.05) is 72.7 Å². The lowest BCUT2D eigenvalue weighted by atomic mass is 9.88. The molecule has 2 rings (SSSR count). The molecule has 1 aliphatic carbocycles. The van der Waals surface area contributed by atoms with Crippen LogP contribution in [0.5, 0.6) is 0 Å². The number of Topliss-reactive ketones (excluding diaryl/α,β-unsaturated/α-hetero) is 3. The van der Waals surface area contributed by atoms with Crippen LogP contribution in [-0.2, 0) is 36.7 Å². The zero-order chi connectivity index (χ0) is 26.1. The molecule has 0 atom stereocenters. The summed E-state index contributed by atoms with van der Waals surface area (Å²) in [6, 6.07) is 7.70. The second kappa shape index (κ2) is 17.8. The zero-order valence-corrected chi connectivity index (χ0v) is 22.5. The van der Waals surface area contributed by atoms with Gasteiger partial charge >= 0.3 is 0 Å². The molecule has 0 N–H and O–H groups in total. The maximum atomic E-state index is 12.7. The number of aryl methyl sites for hydroxylation is 1. The van der Waals surface area contributed by atoms with Crippen LogP contribution < -0.4 is 0 Å². The first kappa shape index (κ1) is 32.5. The number of benzene rings is 1. The molecule has 1 aromatic rings. The Hall–Kier alpha value is -2.69. The van der Waals surface area contributed by atoms with Crippen molar-refractivity contribution in [2.45, 2.75) is 81.6 Å². The zero-order valence-electron chi connectivity index (χ0n) is 22.5. The van der Waals surface area contributed by atoms with Crippen molar-refractivity contribution in [1.29, 1.82) is 0 Å². The number of rotatable bonds is 7. The van der Waals surface area contributed by atoms with Gasteiger partial charge in [0, 0.05) is 24.0 Å². The SMILES string of the molecule is CC.CC.CC(C)C.COC1=C(OC)C(=O)C(Cc2cccc(CCC(C)=O)c2)=C(C)C1=O. The van der Waals surface area contributed by atoms with Gasteiger partial charge in [0.25, 0.3) is 0 Å². The van der Waals surface area contributed by atoms with Crippen LogP contribution in [0.15, 0.2) is 46.9 Å². The second-order valence-electron chi connectivity index (χ2n) is 7.76. The van der Waals surface area contributed by atoms with E-state index >= 15 is 0 Å². The number of hydrogen-bond donors (Lipinski definition) is 0. The smallest absolute Gasteiger partial charge is 0.228 e. The number of methoxy groups -OCH3 is 2. The van der Waals surface area contributed by atoms with Gasteiger partial charge in [0.1, 0.15) is 5.78 Å². The molecule has 0 unspecified atom stereocenters. The molecule has 0 radical (unpaired) electrons. The minimum atomic E-state index is -0.332. The van der Waals surface area contributed by atoms with E-state index < -0.39 is 0 Å². The molecule has 5 heteroatoms. The van der Waals surface area contributed by atoms with E-state index in [-0.39, 0.29) is 28.9 Å². The van der Waals surface area contributed by atoms with E-state index in [0.29, 0.717) is 30.4 Å². The molecule has 186 valence electrons. The molecular formula is C28H44O5. The van der Waals surface area contributed by atoms with Gasteiger partial charge in [-0.05, 0) is 37.3 Å². The fourth-order valence-corrected chi connectivity index (χ4v) is 2.82. The van der Waals surface area contributed by atoms with Crippen molar-refractivity contribution < 1.29 is 23.9 Å². The molecule has 0 aromatic heterocycles. The van der Waals surface area contributed by atoms with Gasteiger partial charge in [-0.3, -0.25) is 9.59 Å². The molecule has 1 aromatic carbocycles. The molecular weight excluding hydrogens is 416 g/mol. The molecule has 0 saturated carbocycles.